The van der Waals surface area contributed by atoms with Crippen molar-refractivity contribution in [3.8, 4) is 0 Å². The van der Waals surface area contributed by atoms with Crippen molar-refractivity contribution in [3.05, 3.63) is 46.0 Å². The molecule has 0 saturated carbocycles. The van der Waals surface area contributed by atoms with Crippen molar-refractivity contribution in [2.45, 2.75) is 12.5 Å². The van der Waals surface area contributed by atoms with Crippen LogP contribution in [0.25, 0.3) is 0 Å². The standard InChI is InChI=1S/C13H12Cl2N2S/c14-6-12-8-18-13-16-11(7-17(12)13)5-9-1-3-10(15)4-2-9/h1-4,8,11H,5-7H2. The molecule has 0 fully saturated rings. The molecule has 0 N–H and O–H groups in total. The minimum atomic E-state index is 0.320. The highest BCUT2D eigenvalue weighted by Crippen LogP contribution is 2.32. The SMILES string of the molecule is ClCC1=CSC2=NC(Cc3ccc(Cl)cc3)CN12. The molecule has 0 bridgehead atoms. The predicted molar refractivity (Wildman–Crippen MR) is 79.5 cm³/mol. The van der Waals surface area contributed by atoms with Crippen LogP contribution in [-0.4, -0.2) is 28.5 Å². The molecule has 0 radical (unpaired) electrons. The molecule has 1 atom stereocenters. The van der Waals surface area contributed by atoms with Gasteiger partial charge in [-0.1, -0.05) is 35.5 Å². The van der Waals surface area contributed by atoms with E-state index < -0.39 is 0 Å². The lowest BCUT2D eigenvalue weighted by Gasteiger charge is -2.16. The van der Waals surface area contributed by atoms with Gasteiger partial charge in [-0.05, 0) is 29.5 Å². The molecule has 1 aromatic carbocycles. The van der Waals surface area contributed by atoms with Crippen LogP contribution >= 0.6 is 35.0 Å². The summed E-state index contributed by atoms with van der Waals surface area (Å²) in [4.78, 5) is 6.95. The smallest absolute Gasteiger partial charge is 0.168 e. The number of hydrogen-bond acceptors (Lipinski definition) is 3. The number of nitrogens with zero attached hydrogens (tertiary/aromatic N) is 2. The Morgan fingerprint density at radius 1 is 1.33 bits per heavy atom. The molecule has 94 valence electrons. The van der Waals surface area contributed by atoms with Gasteiger partial charge in [-0.3, -0.25) is 4.99 Å². The average molecular weight is 299 g/mol. The molecular weight excluding hydrogens is 287 g/mol. The maximum atomic E-state index is 5.91. The Hall–Kier alpha value is -0.640. The highest BCUT2D eigenvalue weighted by atomic mass is 35.5. The van der Waals surface area contributed by atoms with Gasteiger partial charge in [0.15, 0.2) is 5.17 Å². The van der Waals surface area contributed by atoms with Gasteiger partial charge in [0, 0.05) is 17.3 Å². The first-order chi connectivity index (χ1) is 8.76. The van der Waals surface area contributed by atoms with Crippen LogP contribution in [-0.2, 0) is 6.42 Å². The molecule has 0 aliphatic carbocycles. The highest BCUT2D eigenvalue weighted by molar-refractivity contribution is 8.16. The maximum absolute atomic E-state index is 5.91. The molecule has 2 aliphatic rings. The molecule has 2 heterocycles. The third kappa shape index (κ3) is 2.40. The van der Waals surface area contributed by atoms with E-state index in [0.29, 0.717) is 11.9 Å². The number of aliphatic imine (C=N–C) groups is 1. The Morgan fingerprint density at radius 2 is 2.11 bits per heavy atom. The minimum absolute atomic E-state index is 0.320. The summed E-state index contributed by atoms with van der Waals surface area (Å²) in [7, 11) is 0. The van der Waals surface area contributed by atoms with Crippen LogP contribution in [0.15, 0.2) is 40.4 Å². The molecule has 0 spiro atoms. The number of thioether (sulfide) groups is 1. The zero-order valence-corrected chi connectivity index (χ0v) is 12.0. The predicted octanol–water partition coefficient (Wildman–Crippen LogP) is 3.75. The van der Waals surface area contributed by atoms with Gasteiger partial charge < -0.3 is 4.90 Å². The number of allylic oxidation sites excluding steroid dienone is 1. The van der Waals surface area contributed by atoms with Crippen LogP contribution in [0.2, 0.25) is 5.02 Å². The molecular formula is C13H12Cl2N2S. The van der Waals surface area contributed by atoms with Crippen LogP contribution in [0.5, 0.6) is 0 Å². The summed E-state index contributed by atoms with van der Waals surface area (Å²) in [5.74, 6) is 0.555. The van der Waals surface area contributed by atoms with Crippen LogP contribution in [0.4, 0.5) is 0 Å². The fourth-order valence-corrected chi connectivity index (χ4v) is 3.60. The molecule has 3 rings (SSSR count). The van der Waals surface area contributed by atoms with E-state index in [1.807, 2.05) is 12.1 Å². The molecule has 2 nitrogen and oxygen atoms in total. The molecule has 2 aliphatic heterocycles. The second kappa shape index (κ2) is 5.16. The summed E-state index contributed by atoms with van der Waals surface area (Å²) in [6, 6.07) is 8.31. The van der Waals surface area contributed by atoms with E-state index in [4.69, 9.17) is 28.2 Å². The van der Waals surface area contributed by atoms with E-state index >= 15 is 0 Å². The molecule has 0 aromatic heterocycles. The second-order valence-corrected chi connectivity index (χ2v) is 5.91. The summed E-state index contributed by atoms with van der Waals surface area (Å²) >= 11 is 13.5. The lowest BCUT2D eigenvalue weighted by molar-refractivity contribution is 0.511. The van der Waals surface area contributed by atoms with Crippen LogP contribution in [0.1, 0.15) is 5.56 Å². The summed E-state index contributed by atoms with van der Waals surface area (Å²) < 4.78 is 0. The van der Waals surface area contributed by atoms with Crippen molar-refractivity contribution < 1.29 is 0 Å². The summed E-state index contributed by atoms with van der Waals surface area (Å²) in [6.45, 7) is 0.934. The minimum Gasteiger partial charge on any atom is -0.321 e. The van der Waals surface area contributed by atoms with E-state index in [1.165, 1.54) is 11.3 Å². The van der Waals surface area contributed by atoms with Crippen molar-refractivity contribution in [3.63, 3.8) is 0 Å². The third-order valence-electron chi connectivity index (χ3n) is 3.09. The van der Waals surface area contributed by atoms with Gasteiger partial charge in [-0.15, -0.1) is 11.6 Å². The largest absolute Gasteiger partial charge is 0.321 e. The van der Waals surface area contributed by atoms with Gasteiger partial charge in [0.05, 0.1) is 11.9 Å². The number of alkyl halides is 1. The Morgan fingerprint density at radius 3 is 2.83 bits per heavy atom. The number of amidine groups is 1. The van der Waals surface area contributed by atoms with E-state index in [2.05, 4.69) is 22.4 Å². The van der Waals surface area contributed by atoms with Gasteiger partial charge in [0.25, 0.3) is 0 Å². The van der Waals surface area contributed by atoms with Gasteiger partial charge in [0.2, 0.25) is 0 Å². The fraction of sp³-hybridized carbons (Fsp3) is 0.308. The second-order valence-electron chi connectivity index (χ2n) is 4.37. The van der Waals surface area contributed by atoms with Crippen molar-refractivity contribution in [1.29, 1.82) is 0 Å². The third-order valence-corrected chi connectivity index (χ3v) is 4.54. The van der Waals surface area contributed by atoms with E-state index in [1.54, 1.807) is 11.8 Å². The van der Waals surface area contributed by atoms with Crippen LogP contribution < -0.4 is 0 Å². The highest BCUT2D eigenvalue weighted by Gasteiger charge is 2.31. The van der Waals surface area contributed by atoms with Crippen LogP contribution in [0.3, 0.4) is 0 Å². The maximum Gasteiger partial charge on any atom is 0.168 e. The number of benzene rings is 1. The first kappa shape index (κ1) is 12.4. The quantitative estimate of drug-likeness (QED) is 0.790. The van der Waals surface area contributed by atoms with E-state index in [9.17, 15) is 0 Å². The van der Waals surface area contributed by atoms with E-state index in [-0.39, 0.29) is 0 Å². The van der Waals surface area contributed by atoms with Gasteiger partial charge in [-0.25, -0.2) is 0 Å². The zero-order valence-electron chi connectivity index (χ0n) is 9.64. The van der Waals surface area contributed by atoms with Crippen molar-refractivity contribution in [2.24, 2.45) is 4.99 Å². The van der Waals surface area contributed by atoms with Crippen molar-refractivity contribution in [1.82, 2.24) is 4.90 Å². The number of hydrogen-bond donors (Lipinski definition) is 0. The van der Waals surface area contributed by atoms with Crippen molar-refractivity contribution in [2.75, 3.05) is 12.4 Å². The van der Waals surface area contributed by atoms with Gasteiger partial charge in [-0.2, -0.15) is 0 Å². The van der Waals surface area contributed by atoms with Crippen molar-refractivity contribution >= 4 is 40.1 Å². The Bertz CT molecular complexity index is 510. The first-order valence-electron chi connectivity index (χ1n) is 5.77. The Labute approximate surface area is 121 Å². The van der Waals surface area contributed by atoms with Gasteiger partial charge in [0.1, 0.15) is 0 Å². The molecule has 0 amide bonds. The first-order valence-corrected chi connectivity index (χ1v) is 7.57. The number of fused-ring (bicyclic) bond motifs is 1. The normalized spacial score (nSPS) is 21.9. The monoisotopic (exact) mass is 298 g/mol. The lowest BCUT2D eigenvalue weighted by Crippen LogP contribution is -2.25. The molecule has 1 aromatic rings. The lowest BCUT2D eigenvalue weighted by atomic mass is 10.1. The summed E-state index contributed by atoms with van der Waals surface area (Å²) in [5.41, 5.74) is 2.44. The summed E-state index contributed by atoms with van der Waals surface area (Å²) in [5, 5.41) is 3.95. The average Bonchev–Trinajstić information content (AvgIpc) is 2.91. The fourth-order valence-electron chi connectivity index (χ4n) is 2.18. The number of rotatable bonds is 3. The Kier molecular flexibility index (Phi) is 3.55. The molecule has 1 unspecified atom stereocenters. The summed E-state index contributed by atoms with van der Waals surface area (Å²) in [6.07, 6.45) is 0.952. The molecule has 18 heavy (non-hydrogen) atoms. The van der Waals surface area contributed by atoms with E-state index in [0.717, 1.165) is 23.2 Å². The Balaban J connectivity index is 1.67. The zero-order chi connectivity index (χ0) is 12.5. The van der Waals surface area contributed by atoms with Gasteiger partial charge >= 0.3 is 0 Å². The molecule has 0 saturated heterocycles. The topological polar surface area (TPSA) is 15.6 Å². The molecule has 5 heteroatoms. The van der Waals surface area contributed by atoms with Crippen LogP contribution in [0, 0.1) is 0 Å². The number of halogens is 2.